The number of rotatable bonds is 6. The van der Waals surface area contributed by atoms with Gasteiger partial charge in [0.05, 0.1) is 5.69 Å². The minimum absolute atomic E-state index is 0.333. The zero-order valence-corrected chi connectivity index (χ0v) is 12.9. The van der Waals surface area contributed by atoms with Crippen molar-refractivity contribution in [3.63, 3.8) is 0 Å². The second kappa shape index (κ2) is 4.78. The molecule has 1 heterocycles. The first-order valence-electron chi connectivity index (χ1n) is 7.41. The smallest absolute Gasteiger partial charge is 0.130 e. The molecule has 2 saturated carbocycles. The molecule has 1 unspecified atom stereocenters. The van der Waals surface area contributed by atoms with E-state index in [2.05, 4.69) is 24.3 Å². The number of aromatic nitrogens is 2. The van der Waals surface area contributed by atoms with Gasteiger partial charge in [-0.15, -0.1) is 0 Å². The molecule has 1 N–H and O–H groups in total. The Kier molecular flexibility index (Phi) is 3.38. The maximum Gasteiger partial charge on any atom is 0.130 e. The molecule has 0 radical (unpaired) electrons. The molecule has 4 heteroatoms. The second-order valence-corrected chi connectivity index (χ2v) is 7.10. The highest BCUT2D eigenvalue weighted by Crippen LogP contribution is 2.48. The van der Waals surface area contributed by atoms with Crippen LogP contribution in [0.5, 0.6) is 0 Å². The third kappa shape index (κ3) is 2.82. The minimum Gasteiger partial charge on any atom is -0.313 e. The molecule has 106 valence electrons. The van der Waals surface area contributed by atoms with E-state index in [1.807, 2.05) is 7.05 Å². The van der Waals surface area contributed by atoms with Crippen LogP contribution in [0.25, 0.3) is 0 Å². The largest absolute Gasteiger partial charge is 0.313 e. The molecule has 0 aliphatic heterocycles. The van der Waals surface area contributed by atoms with Crippen molar-refractivity contribution in [1.82, 2.24) is 15.1 Å². The lowest BCUT2D eigenvalue weighted by atomic mass is 9.79. The highest BCUT2D eigenvalue weighted by molar-refractivity contribution is 6.30. The van der Waals surface area contributed by atoms with Gasteiger partial charge >= 0.3 is 0 Å². The van der Waals surface area contributed by atoms with Gasteiger partial charge < -0.3 is 5.32 Å². The Morgan fingerprint density at radius 2 is 2.05 bits per heavy atom. The first-order chi connectivity index (χ1) is 8.99. The SMILES string of the molecule is Cc1nn(C)c(Cl)c1CC(C)(CNC1CC1)C1CC1. The van der Waals surface area contributed by atoms with E-state index in [0.717, 1.165) is 35.8 Å². The van der Waals surface area contributed by atoms with Crippen LogP contribution in [0, 0.1) is 18.3 Å². The fourth-order valence-corrected chi connectivity index (χ4v) is 3.32. The zero-order chi connectivity index (χ0) is 13.6. The maximum atomic E-state index is 6.40. The van der Waals surface area contributed by atoms with Crippen LogP contribution in [-0.4, -0.2) is 22.4 Å². The van der Waals surface area contributed by atoms with E-state index in [4.69, 9.17) is 11.6 Å². The molecule has 1 aromatic rings. The molecule has 0 spiro atoms. The van der Waals surface area contributed by atoms with Crippen LogP contribution in [0.1, 0.15) is 43.9 Å². The van der Waals surface area contributed by atoms with Gasteiger partial charge in [0.1, 0.15) is 5.15 Å². The van der Waals surface area contributed by atoms with Crippen molar-refractivity contribution in [3.05, 3.63) is 16.4 Å². The summed E-state index contributed by atoms with van der Waals surface area (Å²) in [6.07, 6.45) is 6.51. The van der Waals surface area contributed by atoms with Crippen LogP contribution in [0.3, 0.4) is 0 Å². The molecule has 1 aromatic heterocycles. The number of aryl methyl sites for hydroxylation is 2. The summed E-state index contributed by atoms with van der Waals surface area (Å²) < 4.78 is 1.80. The maximum absolute atomic E-state index is 6.40. The van der Waals surface area contributed by atoms with Crippen LogP contribution in [0.15, 0.2) is 0 Å². The average molecular weight is 282 g/mol. The molecular formula is C15H24ClN3. The number of hydrogen-bond acceptors (Lipinski definition) is 2. The Balaban J connectivity index is 1.75. The Morgan fingerprint density at radius 3 is 2.53 bits per heavy atom. The summed E-state index contributed by atoms with van der Waals surface area (Å²) in [6, 6.07) is 0.781. The summed E-state index contributed by atoms with van der Waals surface area (Å²) >= 11 is 6.40. The van der Waals surface area contributed by atoms with E-state index < -0.39 is 0 Å². The van der Waals surface area contributed by atoms with E-state index in [0.29, 0.717) is 5.41 Å². The van der Waals surface area contributed by atoms with E-state index in [1.54, 1.807) is 4.68 Å². The first kappa shape index (κ1) is 13.4. The molecule has 0 aromatic carbocycles. The predicted molar refractivity (Wildman–Crippen MR) is 78.5 cm³/mol. The predicted octanol–water partition coefficient (Wildman–Crippen LogP) is 3.09. The van der Waals surface area contributed by atoms with E-state index in [9.17, 15) is 0 Å². The summed E-state index contributed by atoms with van der Waals surface area (Å²) in [6.45, 7) is 5.61. The molecule has 0 bridgehead atoms. The molecular weight excluding hydrogens is 258 g/mol. The summed E-state index contributed by atoms with van der Waals surface area (Å²) in [5.74, 6) is 0.856. The lowest BCUT2D eigenvalue weighted by molar-refractivity contribution is 0.254. The first-order valence-corrected chi connectivity index (χ1v) is 7.79. The minimum atomic E-state index is 0.333. The summed E-state index contributed by atoms with van der Waals surface area (Å²) in [7, 11) is 1.93. The van der Waals surface area contributed by atoms with Gasteiger partial charge in [0.2, 0.25) is 0 Å². The van der Waals surface area contributed by atoms with E-state index >= 15 is 0 Å². The van der Waals surface area contributed by atoms with Gasteiger partial charge in [0, 0.05) is 25.2 Å². The highest BCUT2D eigenvalue weighted by atomic mass is 35.5. The van der Waals surface area contributed by atoms with Gasteiger partial charge in [0.15, 0.2) is 0 Å². The third-order valence-electron chi connectivity index (χ3n) is 4.79. The molecule has 0 saturated heterocycles. The van der Waals surface area contributed by atoms with Crippen molar-refractivity contribution < 1.29 is 0 Å². The lowest BCUT2D eigenvalue weighted by Crippen LogP contribution is -2.36. The van der Waals surface area contributed by atoms with Crippen LogP contribution >= 0.6 is 11.6 Å². The number of hydrogen-bond donors (Lipinski definition) is 1. The Hall–Kier alpha value is -0.540. The van der Waals surface area contributed by atoms with Crippen LogP contribution in [0.2, 0.25) is 5.15 Å². The van der Waals surface area contributed by atoms with Crippen molar-refractivity contribution in [2.45, 2.75) is 52.0 Å². The second-order valence-electron chi connectivity index (χ2n) is 6.74. The molecule has 3 rings (SSSR count). The van der Waals surface area contributed by atoms with Crippen LogP contribution < -0.4 is 5.32 Å². The van der Waals surface area contributed by atoms with Crippen molar-refractivity contribution >= 4 is 11.6 Å². The fraction of sp³-hybridized carbons (Fsp3) is 0.800. The third-order valence-corrected chi connectivity index (χ3v) is 5.26. The summed E-state index contributed by atoms with van der Waals surface area (Å²) in [5.41, 5.74) is 2.67. The zero-order valence-electron chi connectivity index (χ0n) is 12.2. The normalized spacial score (nSPS) is 22.5. The standard InChI is InChI=1S/C15H24ClN3/c1-10-13(14(16)19(3)18-10)8-15(2,11-4-5-11)9-17-12-6-7-12/h11-12,17H,4-9H2,1-3H3. The van der Waals surface area contributed by atoms with Crippen molar-refractivity contribution in [1.29, 1.82) is 0 Å². The van der Waals surface area contributed by atoms with Gasteiger partial charge in [0.25, 0.3) is 0 Å². The molecule has 19 heavy (non-hydrogen) atoms. The summed E-state index contributed by atoms with van der Waals surface area (Å²) in [4.78, 5) is 0. The topological polar surface area (TPSA) is 29.9 Å². The Bertz CT molecular complexity index is 474. The van der Waals surface area contributed by atoms with Gasteiger partial charge in [-0.1, -0.05) is 18.5 Å². The molecule has 2 aliphatic carbocycles. The van der Waals surface area contributed by atoms with Gasteiger partial charge in [-0.05, 0) is 50.4 Å². The Morgan fingerprint density at radius 1 is 1.37 bits per heavy atom. The molecule has 1 atom stereocenters. The van der Waals surface area contributed by atoms with E-state index in [1.165, 1.54) is 31.2 Å². The molecule has 3 nitrogen and oxygen atoms in total. The summed E-state index contributed by atoms with van der Waals surface area (Å²) in [5, 5.41) is 8.98. The van der Waals surface area contributed by atoms with Gasteiger partial charge in [-0.3, -0.25) is 4.68 Å². The average Bonchev–Trinajstić information content (AvgIpc) is 3.25. The molecule has 0 amide bonds. The monoisotopic (exact) mass is 281 g/mol. The fourth-order valence-electron chi connectivity index (χ4n) is 3.07. The van der Waals surface area contributed by atoms with Crippen molar-refractivity contribution in [2.24, 2.45) is 18.4 Å². The lowest BCUT2D eigenvalue weighted by Gasteiger charge is -2.30. The van der Waals surface area contributed by atoms with Crippen LogP contribution in [0.4, 0.5) is 0 Å². The highest BCUT2D eigenvalue weighted by Gasteiger charge is 2.43. The number of nitrogens with one attached hydrogen (secondary N) is 1. The number of halogens is 1. The quantitative estimate of drug-likeness (QED) is 0.868. The van der Waals surface area contributed by atoms with Gasteiger partial charge in [-0.2, -0.15) is 5.10 Å². The number of nitrogens with zero attached hydrogens (tertiary/aromatic N) is 2. The molecule has 2 aliphatic rings. The van der Waals surface area contributed by atoms with Gasteiger partial charge in [-0.25, -0.2) is 0 Å². The van der Waals surface area contributed by atoms with E-state index in [-0.39, 0.29) is 0 Å². The van der Waals surface area contributed by atoms with Crippen molar-refractivity contribution in [3.8, 4) is 0 Å². The Labute approximate surface area is 120 Å². The van der Waals surface area contributed by atoms with Crippen LogP contribution in [-0.2, 0) is 13.5 Å². The molecule has 2 fully saturated rings. The van der Waals surface area contributed by atoms with Crippen molar-refractivity contribution in [2.75, 3.05) is 6.54 Å².